The topological polar surface area (TPSA) is 327 Å². The third-order valence-corrected chi connectivity index (χ3v) is 13.6. The van der Waals surface area contributed by atoms with Gasteiger partial charge in [-0.2, -0.15) is 0 Å². The van der Waals surface area contributed by atoms with Crippen molar-refractivity contribution >= 4 is 75.7 Å². The summed E-state index contributed by atoms with van der Waals surface area (Å²) in [6.45, 7) is 2.10. The van der Waals surface area contributed by atoms with Gasteiger partial charge in [0.2, 0.25) is 47.3 Å². The van der Waals surface area contributed by atoms with Crippen molar-refractivity contribution in [1.29, 1.82) is 0 Å². The molecule has 1 aliphatic carbocycles. The molecule has 3 aromatic carbocycles. The summed E-state index contributed by atoms with van der Waals surface area (Å²) in [4.78, 5) is 121. The van der Waals surface area contributed by atoms with Crippen LogP contribution >= 0.6 is 11.6 Å². The summed E-state index contributed by atoms with van der Waals surface area (Å²) in [6, 6.07) is 14.9. The Morgan fingerprint density at radius 1 is 0.795 bits per heavy atom. The van der Waals surface area contributed by atoms with Crippen LogP contribution in [-0.2, 0) is 64.0 Å². The molecule has 1 saturated heterocycles. The van der Waals surface area contributed by atoms with Crippen molar-refractivity contribution in [3.63, 3.8) is 0 Å². The smallest absolute Gasteiger partial charge is 0.246 e. The molecule has 0 bridgehead atoms. The minimum Gasteiger partial charge on any atom is -0.370 e. The van der Waals surface area contributed by atoms with E-state index in [2.05, 4.69) is 47.2 Å². The first-order chi connectivity index (χ1) is 35.0. The largest absolute Gasteiger partial charge is 0.370 e. The second-order valence-corrected chi connectivity index (χ2v) is 19.1. The Labute approximate surface area is 428 Å². The minimum atomic E-state index is -1.74. The number of hydrogen-bond acceptors (Lipinski definition) is 9. The maximum Gasteiger partial charge on any atom is 0.246 e. The van der Waals surface area contributed by atoms with Crippen molar-refractivity contribution in [1.82, 2.24) is 42.2 Å². The van der Waals surface area contributed by atoms with Crippen LogP contribution in [0.5, 0.6) is 0 Å². The van der Waals surface area contributed by atoms with E-state index in [9.17, 15) is 33.6 Å². The van der Waals surface area contributed by atoms with Gasteiger partial charge in [0.25, 0.3) is 0 Å². The van der Waals surface area contributed by atoms with E-state index in [0.717, 1.165) is 16.5 Å². The lowest BCUT2D eigenvalue weighted by Gasteiger charge is -2.39. The molecule has 21 heteroatoms. The Balaban J connectivity index is 1.41. The fraction of sp³-hybridized carbons (Fsp3) is 0.442. The average Bonchev–Trinajstić information content (AvgIpc) is 3.77. The molecular formula is C52H67ClN12O8. The molecule has 1 aromatic heterocycles. The van der Waals surface area contributed by atoms with Gasteiger partial charge in [-0.05, 0) is 85.8 Å². The van der Waals surface area contributed by atoms with Gasteiger partial charge in [0.05, 0.1) is 6.42 Å². The first kappa shape index (κ1) is 54.8. The Hall–Kier alpha value is -7.48. The number of benzene rings is 3. The lowest BCUT2D eigenvalue weighted by atomic mass is 9.76. The highest BCUT2D eigenvalue weighted by atomic mass is 35.5. The van der Waals surface area contributed by atoms with Gasteiger partial charge in [-0.15, -0.1) is 0 Å². The molecule has 2 heterocycles. The Morgan fingerprint density at radius 2 is 1.51 bits per heavy atom. The van der Waals surface area contributed by atoms with Crippen LogP contribution in [0.2, 0.25) is 5.02 Å². The van der Waals surface area contributed by atoms with Crippen LogP contribution in [0, 0.1) is 0 Å². The van der Waals surface area contributed by atoms with Crippen LogP contribution in [-0.4, -0.2) is 107 Å². The molecule has 1 aliphatic heterocycles. The lowest BCUT2D eigenvalue weighted by Crippen LogP contribution is -2.67. The number of para-hydroxylation sites is 1. The number of nitrogens with zero attached hydrogens (tertiary/aromatic N) is 1. The highest BCUT2D eigenvalue weighted by Gasteiger charge is 2.46. The maximum absolute atomic E-state index is 15.2. The van der Waals surface area contributed by atoms with Crippen molar-refractivity contribution in [2.75, 3.05) is 13.1 Å². The number of carbonyl (C=O) groups is 8. The number of unbranched alkanes of at least 4 members (excludes halogenated alkanes) is 1. The van der Waals surface area contributed by atoms with Gasteiger partial charge >= 0.3 is 0 Å². The summed E-state index contributed by atoms with van der Waals surface area (Å²) in [5, 5.41) is 21.0. The average molecular weight is 1020 g/mol. The number of amides is 8. The van der Waals surface area contributed by atoms with Crippen LogP contribution in [0.15, 0.2) is 84.0 Å². The number of primary amides is 1. The molecule has 6 rings (SSSR count). The molecule has 20 nitrogen and oxygen atoms in total. The van der Waals surface area contributed by atoms with Gasteiger partial charge in [0.15, 0.2) is 5.96 Å². The maximum atomic E-state index is 15.2. The highest BCUT2D eigenvalue weighted by molar-refractivity contribution is 6.31. The molecule has 0 radical (unpaired) electrons. The third-order valence-electron chi connectivity index (χ3n) is 13.2. The Morgan fingerprint density at radius 3 is 2.26 bits per heavy atom. The van der Waals surface area contributed by atoms with Gasteiger partial charge in [-0.1, -0.05) is 85.6 Å². The normalized spacial score (nSPS) is 22.8. The number of halogens is 1. The molecule has 6 atom stereocenters. The fourth-order valence-electron chi connectivity index (χ4n) is 9.21. The number of fused-ring (bicyclic) bond motifs is 2. The van der Waals surface area contributed by atoms with E-state index in [1.165, 1.54) is 0 Å². The summed E-state index contributed by atoms with van der Waals surface area (Å²) in [6.07, 6.45) is 3.53. The molecule has 390 valence electrons. The number of rotatable bonds is 13. The number of H-pyrrole nitrogens is 1. The van der Waals surface area contributed by atoms with Gasteiger partial charge in [0.1, 0.15) is 35.7 Å². The van der Waals surface area contributed by atoms with Gasteiger partial charge in [-0.3, -0.25) is 43.3 Å². The number of aliphatic imine (C=N–C) groups is 1. The second-order valence-electron chi connectivity index (χ2n) is 18.7. The Kier molecular flexibility index (Phi) is 19.7. The van der Waals surface area contributed by atoms with E-state index in [4.69, 9.17) is 28.8 Å². The van der Waals surface area contributed by atoms with E-state index < -0.39 is 89.4 Å². The second kappa shape index (κ2) is 26.3. The molecule has 8 amide bonds. The summed E-state index contributed by atoms with van der Waals surface area (Å²) in [7, 11) is 0. The summed E-state index contributed by atoms with van der Waals surface area (Å²) >= 11 is 6.64. The van der Waals surface area contributed by atoms with E-state index >= 15 is 4.79 Å². The van der Waals surface area contributed by atoms with Crippen LogP contribution in [0.1, 0.15) is 93.4 Å². The monoisotopic (exact) mass is 1020 g/mol. The number of nitrogens with two attached hydrogens (primary N) is 3. The molecule has 1 spiro atoms. The van der Waals surface area contributed by atoms with E-state index in [1.807, 2.05) is 31.2 Å². The molecule has 14 N–H and O–H groups in total. The third kappa shape index (κ3) is 15.5. The quantitative estimate of drug-likeness (QED) is 0.0521. The summed E-state index contributed by atoms with van der Waals surface area (Å²) < 4.78 is 0. The van der Waals surface area contributed by atoms with Crippen LogP contribution in [0.3, 0.4) is 0 Å². The van der Waals surface area contributed by atoms with Gasteiger partial charge in [-0.25, -0.2) is 0 Å². The van der Waals surface area contributed by atoms with Crippen molar-refractivity contribution < 1.29 is 38.4 Å². The summed E-state index contributed by atoms with van der Waals surface area (Å²) in [5.41, 5.74) is 18.8. The zero-order valence-corrected chi connectivity index (χ0v) is 41.8. The summed E-state index contributed by atoms with van der Waals surface area (Å²) in [5.74, 6) is -5.85. The lowest BCUT2D eigenvalue weighted by molar-refractivity contribution is -0.139. The van der Waals surface area contributed by atoms with E-state index in [1.54, 1.807) is 54.7 Å². The van der Waals surface area contributed by atoms with E-state index in [-0.39, 0.29) is 76.8 Å². The van der Waals surface area contributed by atoms with Gasteiger partial charge < -0.3 is 59.4 Å². The van der Waals surface area contributed by atoms with Crippen molar-refractivity contribution in [3.05, 3.63) is 106 Å². The zero-order chi connectivity index (χ0) is 52.5. The fourth-order valence-corrected chi connectivity index (χ4v) is 9.50. The van der Waals surface area contributed by atoms with Crippen molar-refractivity contribution in [2.45, 2.75) is 133 Å². The number of hydrogen-bond donors (Lipinski definition) is 11. The van der Waals surface area contributed by atoms with Gasteiger partial charge in [0, 0.05) is 60.9 Å². The number of guanidine groups is 1. The first-order valence-corrected chi connectivity index (χ1v) is 25.2. The highest BCUT2D eigenvalue weighted by Crippen LogP contribution is 2.34. The first-order valence-electron chi connectivity index (χ1n) is 24.9. The standard InChI is InChI=1S/C52H67ClN12O8/c1-2-3-21-43(66)60-42-28-44(67)57-24-10-9-19-38(45(54)68)61-48(71)41(27-33-30-59-37-18-8-7-16-35(33)37)63-46(69)39(20-12-25-58-51(55)56)62-47(70)40(26-31-13-5-4-6-14-31)64-50(73)52(65-49(42)72)23-22-34-32(29-52)15-11-17-36(34)53/h4-8,11,13-18,30,38-42,59H,2-3,9-10,12,19-29H2,1H3,(H2,54,68)(H,57,67)(H,60,66)(H,61,71)(H,62,70)(H,63,69)(H,64,73)(H,65,72)(H4,55,56,58)/t38-,39-,40+,41-,42?,52-/m0/s1. The molecule has 1 unspecified atom stereocenters. The van der Waals surface area contributed by atoms with Crippen LogP contribution in [0.25, 0.3) is 10.9 Å². The van der Waals surface area contributed by atoms with Crippen molar-refractivity contribution in [2.24, 2.45) is 22.2 Å². The van der Waals surface area contributed by atoms with Crippen LogP contribution < -0.4 is 54.4 Å². The number of aromatic amines is 1. The molecule has 1 fully saturated rings. The van der Waals surface area contributed by atoms with E-state index in [0.29, 0.717) is 47.4 Å². The molecule has 4 aromatic rings. The number of carbonyl (C=O) groups excluding carboxylic acids is 8. The number of aromatic nitrogens is 1. The minimum absolute atomic E-state index is 0.0195. The zero-order valence-electron chi connectivity index (χ0n) is 41.0. The Bertz CT molecular complexity index is 2660. The predicted molar refractivity (Wildman–Crippen MR) is 276 cm³/mol. The van der Waals surface area contributed by atoms with Crippen molar-refractivity contribution in [3.8, 4) is 0 Å². The number of nitrogens with one attached hydrogen (secondary N) is 8. The SMILES string of the molecule is CCCCC(=O)NC1CC(=O)NCCCC[C@@H](C(N)=O)NC(=O)[C@H](Cc2c[nH]c3ccccc23)NC(=O)[C@H](CCCN=C(N)N)NC(=O)[C@@H](Cc2ccccc2)NC(=O)[C@@]2(CCc3c(Cl)cccc3C2)NC1=O. The molecule has 73 heavy (non-hydrogen) atoms. The molecule has 2 aliphatic rings. The molecule has 0 saturated carbocycles. The predicted octanol–water partition coefficient (Wildman–Crippen LogP) is 1.49. The van der Waals surface area contributed by atoms with Crippen LogP contribution in [0.4, 0.5) is 0 Å². The molecular weight excluding hydrogens is 956 g/mol.